The summed E-state index contributed by atoms with van der Waals surface area (Å²) in [5.74, 6) is 0.381. The first-order valence-corrected chi connectivity index (χ1v) is 6.46. The number of phenols is 1. The van der Waals surface area contributed by atoms with E-state index in [1.54, 1.807) is 17.8 Å². The van der Waals surface area contributed by atoms with E-state index in [0.717, 1.165) is 17.7 Å². The molecule has 1 saturated carbocycles. The Balaban J connectivity index is 2.49. The number of phenolic OH excluding ortho intramolecular Hbond substituents is 1. The Hall–Kier alpha value is -0.670. The number of hydrogen-bond donors (Lipinski definition) is 2. The monoisotopic (exact) mass is 223 g/mol. The van der Waals surface area contributed by atoms with Crippen molar-refractivity contribution in [2.75, 3.05) is 6.26 Å². The zero-order valence-electron chi connectivity index (χ0n) is 9.16. The van der Waals surface area contributed by atoms with Crippen LogP contribution in [0.1, 0.15) is 25.3 Å². The molecular formula is C12H17NOS. The van der Waals surface area contributed by atoms with Crippen molar-refractivity contribution >= 4 is 11.8 Å². The fourth-order valence-corrected chi connectivity index (χ4v) is 3.00. The SMILES string of the molecule is CSc1c(O)cccc1C1(C(C)N)CC1. The van der Waals surface area contributed by atoms with Crippen LogP contribution in [0, 0.1) is 0 Å². The van der Waals surface area contributed by atoms with Crippen molar-refractivity contribution in [1.82, 2.24) is 0 Å². The van der Waals surface area contributed by atoms with Gasteiger partial charge in [-0.1, -0.05) is 12.1 Å². The van der Waals surface area contributed by atoms with E-state index < -0.39 is 0 Å². The molecule has 0 saturated heterocycles. The molecule has 15 heavy (non-hydrogen) atoms. The number of thioether (sulfide) groups is 1. The van der Waals surface area contributed by atoms with E-state index in [1.165, 1.54) is 5.56 Å². The summed E-state index contributed by atoms with van der Waals surface area (Å²) in [5.41, 5.74) is 7.40. The van der Waals surface area contributed by atoms with E-state index in [1.807, 2.05) is 12.3 Å². The molecule has 0 aliphatic heterocycles. The van der Waals surface area contributed by atoms with E-state index in [2.05, 4.69) is 13.0 Å². The highest BCUT2D eigenvalue weighted by molar-refractivity contribution is 7.98. The minimum atomic E-state index is 0.122. The van der Waals surface area contributed by atoms with Crippen LogP contribution in [-0.2, 0) is 5.41 Å². The maximum Gasteiger partial charge on any atom is 0.129 e. The third kappa shape index (κ3) is 1.64. The summed E-state index contributed by atoms with van der Waals surface area (Å²) in [5, 5.41) is 9.80. The van der Waals surface area contributed by atoms with Gasteiger partial charge in [0.15, 0.2) is 0 Å². The molecule has 1 atom stereocenters. The van der Waals surface area contributed by atoms with Crippen LogP contribution in [0.4, 0.5) is 0 Å². The van der Waals surface area contributed by atoms with Crippen LogP contribution < -0.4 is 5.73 Å². The quantitative estimate of drug-likeness (QED) is 0.774. The van der Waals surface area contributed by atoms with Crippen molar-refractivity contribution in [3.05, 3.63) is 23.8 Å². The molecule has 0 amide bonds. The van der Waals surface area contributed by atoms with E-state index in [-0.39, 0.29) is 11.5 Å². The van der Waals surface area contributed by atoms with E-state index >= 15 is 0 Å². The molecule has 1 aliphatic carbocycles. The maximum absolute atomic E-state index is 9.80. The first kappa shape index (κ1) is 10.8. The Labute approximate surface area is 94.9 Å². The standard InChI is InChI=1S/C12H17NOS/c1-8(13)12(6-7-12)9-4-3-5-10(14)11(9)15-2/h3-5,8,14H,6-7,13H2,1-2H3. The van der Waals surface area contributed by atoms with E-state index in [0.29, 0.717) is 5.75 Å². The molecule has 1 aromatic carbocycles. The molecule has 0 bridgehead atoms. The van der Waals surface area contributed by atoms with Gasteiger partial charge in [0.2, 0.25) is 0 Å². The Kier molecular flexibility index (Phi) is 2.69. The van der Waals surface area contributed by atoms with Gasteiger partial charge in [0, 0.05) is 11.5 Å². The molecule has 2 nitrogen and oxygen atoms in total. The molecule has 1 aromatic rings. The molecule has 3 heteroatoms. The number of hydrogen-bond acceptors (Lipinski definition) is 3. The summed E-state index contributed by atoms with van der Waals surface area (Å²) in [6, 6.07) is 5.91. The molecule has 3 N–H and O–H groups in total. The third-order valence-corrected chi connectivity index (χ3v) is 4.23. The minimum Gasteiger partial charge on any atom is -0.507 e. The second-order valence-electron chi connectivity index (χ2n) is 4.30. The van der Waals surface area contributed by atoms with Gasteiger partial charge in [0.25, 0.3) is 0 Å². The van der Waals surface area contributed by atoms with Crippen LogP contribution in [0.25, 0.3) is 0 Å². The summed E-state index contributed by atoms with van der Waals surface area (Å²) in [4.78, 5) is 0.993. The zero-order chi connectivity index (χ0) is 11.1. The van der Waals surface area contributed by atoms with Crippen molar-refractivity contribution < 1.29 is 5.11 Å². The van der Waals surface area contributed by atoms with Crippen LogP contribution in [0.15, 0.2) is 23.1 Å². The van der Waals surface area contributed by atoms with Crippen LogP contribution in [0.5, 0.6) is 5.75 Å². The van der Waals surface area contributed by atoms with Crippen LogP contribution in [0.2, 0.25) is 0 Å². The molecule has 0 radical (unpaired) electrons. The second kappa shape index (κ2) is 3.72. The first-order chi connectivity index (χ1) is 7.12. The molecule has 0 spiro atoms. The summed E-state index contributed by atoms with van der Waals surface area (Å²) < 4.78 is 0. The lowest BCUT2D eigenvalue weighted by molar-refractivity contribution is 0.454. The molecule has 1 unspecified atom stereocenters. The van der Waals surface area contributed by atoms with Gasteiger partial charge in [0.05, 0.1) is 4.90 Å². The van der Waals surface area contributed by atoms with Gasteiger partial charge < -0.3 is 10.8 Å². The van der Waals surface area contributed by atoms with Crippen molar-refractivity contribution in [1.29, 1.82) is 0 Å². The average Bonchev–Trinajstić information content (AvgIpc) is 2.98. The Morgan fingerprint density at radius 3 is 2.60 bits per heavy atom. The van der Waals surface area contributed by atoms with Crippen LogP contribution in [0.3, 0.4) is 0 Å². The van der Waals surface area contributed by atoms with Crippen molar-refractivity contribution in [2.45, 2.75) is 36.1 Å². The largest absolute Gasteiger partial charge is 0.507 e. The van der Waals surface area contributed by atoms with Crippen molar-refractivity contribution in [3.63, 3.8) is 0 Å². The Morgan fingerprint density at radius 2 is 2.13 bits per heavy atom. The number of rotatable bonds is 3. The summed E-state index contributed by atoms with van der Waals surface area (Å²) in [6.45, 7) is 2.06. The lowest BCUT2D eigenvalue weighted by Gasteiger charge is -2.23. The molecular weight excluding hydrogens is 206 g/mol. The molecule has 0 heterocycles. The molecule has 0 aromatic heterocycles. The Bertz CT molecular complexity index is 372. The maximum atomic E-state index is 9.80. The van der Waals surface area contributed by atoms with Gasteiger partial charge in [-0.3, -0.25) is 0 Å². The first-order valence-electron chi connectivity index (χ1n) is 5.24. The van der Waals surface area contributed by atoms with Crippen LogP contribution >= 0.6 is 11.8 Å². The van der Waals surface area contributed by atoms with Gasteiger partial charge in [-0.15, -0.1) is 11.8 Å². The predicted molar refractivity (Wildman–Crippen MR) is 64.4 cm³/mol. The lowest BCUT2D eigenvalue weighted by Crippen LogP contribution is -2.31. The van der Waals surface area contributed by atoms with Crippen molar-refractivity contribution in [3.8, 4) is 5.75 Å². The van der Waals surface area contributed by atoms with E-state index in [4.69, 9.17) is 5.73 Å². The fraction of sp³-hybridized carbons (Fsp3) is 0.500. The lowest BCUT2D eigenvalue weighted by atomic mass is 9.89. The van der Waals surface area contributed by atoms with Gasteiger partial charge >= 0.3 is 0 Å². The molecule has 82 valence electrons. The van der Waals surface area contributed by atoms with Gasteiger partial charge in [0.1, 0.15) is 5.75 Å². The number of nitrogens with two attached hydrogens (primary N) is 1. The predicted octanol–water partition coefficient (Wildman–Crippen LogP) is 2.49. The fourth-order valence-electron chi connectivity index (χ4n) is 2.24. The normalized spacial score (nSPS) is 19.9. The zero-order valence-corrected chi connectivity index (χ0v) is 9.97. The van der Waals surface area contributed by atoms with Gasteiger partial charge in [-0.2, -0.15) is 0 Å². The highest BCUT2D eigenvalue weighted by Crippen LogP contribution is 2.53. The average molecular weight is 223 g/mol. The van der Waals surface area contributed by atoms with Crippen LogP contribution in [-0.4, -0.2) is 17.4 Å². The van der Waals surface area contributed by atoms with Crippen molar-refractivity contribution in [2.24, 2.45) is 5.73 Å². The topological polar surface area (TPSA) is 46.2 Å². The molecule has 2 rings (SSSR count). The Morgan fingerprint density at radius 1 is 1.47 bits per heavy atom. The summed E-state index contributed by atoms with van der Waals surface area (Å²) in [7, 11) is 0. The summed E-state index contributed by atoms with van der Waals surface area (Å²) in [6.07, 6.45) is 4.28. The second-order valence-corrected chi connectivity index (χ2v) is 5.12. The van der Waals surface area contributed by atoms with Gasteiger partial charge in [-0.05, 0) is 37.7 Å². The molecule has 1 fully saturated rings. The number of aromatic hydroxyl groups is 1. The minimum absolute atomic E-state index is 0.122. The van der Waals surface area contributed by atoms with Gasteiger partial charge in [-0.25, -0.2) is 0 Å². The number of benzene rings is 1. The smallest absolute Gasteiger partial charge is 0.129 e. The highest BCUT2D eigenvalue weighted by Gasteiger charge is 2.48. The third-order valence-electron chi connectivity index (χ3n) is 3.40. The highest BCUT2D eigenvalue weighted by atomic mass is 32.2. The summed E-state index contributed by atoms with van der Waals surface area (Å²) >= 11 is 1.60. The van der Waals surface area contributed by atoms with E-state index in [9.17, 15) is 5.11 Å². The molecule has 1 aliphatic rings.